The molecule has 1 aliphatic rings. The predicted octanol–water partition coefficient (Wildman–Crippen LogP) is 4.17. The van der Waals surface area contributed by atoms with Gasteiger partial charge in [0.25, 0.3) is 10.0 Å². The molecule has 0 unspecified atom stereocenters. The van der Waals surface area contributed by atoms with Gasteiger partial charge in [-0.1, -0.05) is 50.4 Å². The Hall–Kier alpha value is -1.01. The smallest absolute Gasteiger partial charge is 0.286 e. The molecule has 1 heterocycles. The van der Waals surface area contributed by atoms with E-state index in [-0.39, 0.29) is 4.90 Å². The van der Waals surface area contributed by atoms with Gasteiger partial charge in [-0.05, 0) is 31.0 Å². The lowest BCUT2D eigenvalue weighted by molar-refractivity contribution is 0.598. The van der Waals surface area contributed by atoms with E-state index < -0.39 is 10.0 Å². The Morgan fingerprint density at radius 2 is 1.95 bits per heavy atom. The van der Waals surface area contributed by atoms with Gasteiger partial charge in [-0.25, -0.2) is 0 Å². The number of sulfonamides is 1. The van der Waals surface area contributed by atoms with Crippen molar-refractivity contribution in [1.82, 2.24) is 0 Å². The molecule has 1 aromatic rings. The second-order valence-corrected chi connectivity index (χ2v) is 7.91. The first-order valence-electron chi connectivity index (χ1n) is 7.38. The average Bonchev–Trinajstić information content (AvgIpc) is 2.43. The molecule has 1 aliphatic heterocycles. The lowest BCUT2D eigenvalue weighted by atomic mass is 10.2. The summed E-state index contributed by atoms with van der Waals surface area (Å²) in [6.45, 7) is 4.07. The number of unbranched alkanes of at least 4 members (excludes halogenated alkanes) is 4. The molecule has 1 aromatic carbocycles. The number of benzene rings is 1. The number of thioether (sulfide) groups is 1. The van der Waals surface area contributed by atoms with E-state index in [4.69, 9.17) is 0 Å². The fourth-order valence-electron chi connectivity index (χ4n) is 2.18. The highest BCUT2D eigenvalue weighted by Gasteiger charge is 2.24. The minimum atomic E-state index is -3.56. The van der Waals surface area contributed by atoms with Gasteiger partial charge in [0.15, 0.2) is 5.17 Å². The Morgan fingerprint density at radius 1 is 1.19 bits per heavy atom. The van der Waals surface area contributed by atoms with Crippen molar-refractivity contribution in [3.8, 4) is 0 Å². The van der Waals surface area contributed by atoms with Crippen molar-refractivity contribution < 1.29 is 8.42 Å². The van der Waals surface area contributed by atoms with Gasteiger partial charge in [0.2, 0.25) is 0 Å². The van der Waals surface area contributed by atoms with E-state index in [1.54, 1.807) is 12.1 Å². The fraction of sp³-hybridized carbons (Fsp3) is 0.533. The molecule has 21 heavy (non-hydrogen) atoms. The summed E-state index contributed by atoms with van der Waals surface area (Å²) in [4.78, 5) is 0.273. The predicted molar refractivity (Wildman–Crippen MR) is 90.6 cm³/mol. The quantitative estimate of drug-likeness (QED) is 0.797. The van der Waals surface area contributed by atoms with E-state index in [9.17, 15) is 8.42 Å². The van der Waals surface area contributed by atoms with Crippen LogP contribution in [0.5, 0.6) is 0 Å². The Bertz CT molecular complexity index is 625. The van der Waals surface area contributed by atoms with Crippen LogP contribution in [0, 0.1) is 6.92 Å². The molecule has 0 amide bonds. The third-order valence-corrected chi connectivity index (χ3v) is 5.74. The van der Waals surface area contributed by atoms with Crippen LogP contribution >= 0.6 is 11.8 Å². The number of anilines is 1. The van der Waals surface area contributed by atoms with E-state index in [0.717, 1.165) is 17.7 Å². The minimum absolute atomic E-state index is 0.273. The summed E-state index contributed by atoms with van der Waals surface area (Å²) < 4.78 is 28.2. The van der Waals surface area contributed by atoms with Gasteiger partial charge in [-0.15, -0.1) is 4.40 Å². The van der Waals surface area contributed by atoms with Crippen molar-refractivity contribution >= 4 is 32.6 Å². The van der Waals surface area contributed by atoms with Crippen molar-refractivity contribution in [2.75, 3.05) is 11.1 Å². The summed E-state index contributed by atoms with van der Waals surface area (Å²) in [5.41, 5.74) is 1.55. The van der Waals surface area contributed by atoms with Gasteiger partial charge < -0.3 is 5.32 Å². The molecule has 0 aliphatic carbocycles. The van der Waals surface area contributed by atoms with Crippen LogP contribution in [0.4, 0.5) is 5.69 Å². The molecule has 116 valence electrons. The van der Waals surface area contributed by atoms with E-state index in [2.05, 4.69) is 16.6 Å². The summed E-state index contributed by atoms with van der Waals surface area (Å²) in [5, 5.41) is 3.60. The molecule has 0 saturated carbocycles. The van der Waals surface area contributed by atoms with Gasteiger partial charge in [-0.2, -0.15) is 8.42 Å². The zero-order valence-corrected chi connectivity index (χ0v) is 14.2. The first-order valence-corrected chi connectivity index (χ1v) is 9.81. The largest absolute Gasteiger partial charge is 0.333 e. The first kappa shape index (κ1) is 16.4. The zero-order valence-electron chi connectivity index (χ0n) is 12.6. The van der Waals surface area contributed by atoms with Crippen molar-refractivity contribution in [3.05, 3.63) is 23.8 Å². The van der Waals surface area contributed by atoms with E-state index in [1.807, 2.05) is 13.0 Å². The molecular weight excluding hydrogens is 304 g/mol. The molecule has 0 radical (unpaired) electrons. The number of amidine groups is 1. The van der Waals surface area contributed by atoms with E-state index in [1.165, 1.54) is 37.4 Å². The molecule has 4 nitrogen and oxygen atoms in total. The second-order valence-electron chi connectivity index (χ2n) is 5.26. The van der Waals surface area contributed by atoms with Crippen LogP contribution < -0.4 is 5.32 Å². The normalized spacial score (nSPS) is 16.0. The molecule has 1 N–H and O–H groups in total. The minimum Gasteiger partial charge on any atom is -0.333 e. The Labute approximate surface area is 131 Å². The van der Waals surface area contributed by atoms with E-state index >= 15 is 0 Å². The molecule has 0 saturated heterocycles. The number of nitrogens with zero attached hydrogens (tertiary/aromatic N) is 1. The van der Waals surface area contributed by atoms with Crippen molar-refractivity contribution in [2.24, 2.45) is 4.40 Å². The maximum atomic E-state index is 12.2. The molecule has 6 heteroatoms. The maximum Gasteiger partial charge on any atom is 0.286 e. The van der Waals surface area contributed by atoms with Gasteiger partial charge in [-0.3, -0.25) is 0 Å². The molecule has 0 spiro atoms. The Kier molecular flexibility index (Phi) is 5.70. The van der Waals surface area contributed by atoms with Crippen molar-refractivity contribution in [3.63, 3.8) is 0 Å². The Morgan fingerprint density at radius 3 is 2.71 bits per heavy atom. The van der Waals surface area contributed by atoms with Crippen LogP contribution in [0.15, 0.2) is 27.5 Å². The van der Waals surface area contributed by atoms with Gasteiger partial charge in [0, 0.05) is 5.75 Å². The molecule has 2 rings (SSSR count). The number of hydrogen-bond acceptors (Lipinski definition) is 4. The van der Waals surface area contributed by atoms with Crippen LogP contribution in [-0.2, 0) is 10.0 Å². The third-order valence-electron chi connectivity index (χ3n) is 3.35. The SMILES string of the molecule is CCCCCCCSC1=NS(=O)(=O)c2cc(C)ccc2N1. The summed E-state index contributed by atoms with van der Waals surface area (Å²) in [6, 6.07) is 5.37. The molecule has 0 bridgehead atoms. The Balaban J connectivity index is 1.95. The highest BCUT2D eigenvalue weighted by molar-refractivity contribution is 8.14. The van der Waals surface area contributed by atoms with Crippen LogP contribution in [0.2, 0.25) is 0 Å². The fourth-order valence-corrected chi connectivity index (χ4v) is 4.50. The lowest BCUT2D eigenvalue weighted by Gasteiger charge is -2.18. The number of fused-ring (bicyclic) bond motifs is 1. The number of nitrogens with one attached hydrogen (secondary N) is 1. The zero-order chi connectivity index (χ0) is 15.3. The first-order chi connectivity index (χ1) is 10.0. The standard InChI is InChI=1S/C15H22N2O2S2/c1-3-4-5-6-7-10-20-15-16-13-9-8-12(2)11-14(13)21(18,19)17-15/h8-9,11H,3-7,10H2,1-2H3,(H,16,17). The lowest BCUT2D eigenvalue weighted by Crippen LogP contribution is -2.19. The summed E-state index contributed by atoms with van der Waals surface area (Å²) >= 11 is 1.49. The van der Waals surface area contributed by atoms with Gasteiger partial charge >= 0.3 is 0 Å². The molecular formula is C15H22N2O2S2. The highest BCUT2D eigenvalue weighted by Crippen LogP contribution is 2.30. The van der Waals surface area contributed by atoms with Crippen molar-refractivity contribution in [2.45, 2.75) is 50.8 Å². The van der Waals surface area contributed by atoms with Gasteiger partial charge in [0.05, 0.1) is 5.69 Å². The summed E-state index contributed by atoms with van der Waals surface area (Å²) in [7, 11) is -3.56. The van der Waals surface area contributed by atoms with E-state index in [0.29, 0.717) is 10.9 Å². The molecule has 0 aromatic heterocycles. The number of hydrogen-bond donors (Lipinski definition) is 1. The van der Waals surface area contributed by atoms with Crippen LogP contribution in [0.1, 0.15) is 44.6 Å². The topological polar surface area (TPSA) is 58.5 Å². The second kappa shape index (κ2) is 7.31. The number of rotatable bonds is 6. The summed E-state index contributed by atoms with van der Waals surface area (Å²) in [6.07, 6.45) is 6.03. The summed E-state index contributed by atoms with van der Waals surface area (Å²) in [5.74, 6) is 0.895. The van der Waals surface area contributed by atoms with Gasteiger partial charge in [0.1, 0.15) is 4.90 Å². The number of aryl methyl sites for hydroxylation is 1. The van der Waals surface area contributed by atoms with Crippen LogP contribution in [0.3, 0.4) is 0 Å². The third kappa shape index (κ3) is 4.48. The van der Waals surface area contributed by atoms with Crippen LogP contribution in [-0.4, -0.2) is 19.3 Å². The molecule has 0 fully saturated rings. The molecule has 0 atom stereocenters. The average molecular weight is 326 g/mol. The monoisotopic (exact) mass is 326 g/mol. The van der Waals surface area contributed by atoms with Crippen LogP contribution in [0.25, 0.3) is 0 Å². The van der Waals surface area contributed by atoms with Crippen molar-refractivity contribution in [1.29, 1.82) is 0 Å². The maximum absolute atomic E-state index is 12.2. The highest BCUT2D eigenvalue weighted by atomic mass is 32.2.